The summed E-state index contributed by atoms with van der Waals surface area (Å²) < 4.78 is 1.73. The molecule has 0 aliphatic heterocycles. The molecule has 0 aromatic heterocycles. The van der Waals surface area contributed by atoms with Crippen molar-refractivity contribution in [1.82, 2.24) is 0 Å². The van der Waals surface area contributed by atoms with Gasteiger partial charge in [-0.2, -0.15) is 0 Å². The van der Waals surface area contributed by atoms with Crippen molar-refractivity contribution in [3.8, 4) is 5.75 Å². The van der Waals surface area contributed by atoms with Gasteiger partial charge in [0.15, 0.2) is 0 Å². The van der Waals surface area contributed by atoms with Gasteiger partial charge < -0.3 is 9.59 Å². The fourth-order valence-corrected chi connectivity index (χ4v) is 1.60. The van der Waals surface area contributed by atoms with Crippen LogP contribution >= 0.6 is 15.9 Å². The third-order valence-electron chi connectivity index (χ3n) is 2.08. The van der Waals surface area contributed by atoms with Gasteiger partial charge in [0, 0.05) is 6.42 Å². The monoisotopic (exact) mass is 258 g/mol. The molecule has 0 aliphatic rings. The van der Waals surface area contributed by atoms with Crippen molar-refractivity contribution >= 4 is 15.9 Å². The zero-order valence-electron chi connectivity index (χ0n) is 8.92. The summed E-state index contributed by atoms with van der Waals surface area (Å²) in [6.07, 6.45) is 1.03. The molecule has 1 aromatic rings. The maximum absolute atomic E-state index is 9.32. The molecule has 0 atom stereocenters. The number of benzene rings is 1. The number of aromatic hydroxyl groups is 1. The Morgan fingerprint density at radius 1 is 1.29 bits per heavy atom. The van der Waals surface area contributed by atoms with Crippen LogP contribution in [0.15, 0.2) is 22.7 Å². The molecule has 0 fully saturated rings. The van der Waals surface area contributed by atoms with Gasteiger partial charge in [-0.1, -0.05) is 6.07 Å². The summed E-state index contributed by atoms with van der Waals surface area (Å²) in [5.74, 6) is 0.305. The van der Waals surface area contributed by atoms with Gasteiger partial charge in [0.2, 0.25) is 0 Å². The minimum absolute atomic E-state index is 0.305. The molecule has 2 nitrogen and oxygen atoms in total. The van der Waals surface area contributed by atoms with Crippen LogP contribution in [0.4, 0.5) is 0 Å². The van der Waals surface area contributed by atoms with Gasteiger partial charge in [-0.15, -0.1) is 0 Å². The van der Waals surface area contributed by atoms with Crippen molar-refractivity contribution in [2.75, 3.05) is 27.7 Å². The van der Waals surface area contributed by atoms with Crippen LogP contribution in [-0.2, 0) is 6.42 Å². The maximum atomic E-state index is 9.32. The first kappa shape index (κ1) is 11.5. The highest BCUT2D eigenvalue weighted by atomic mass is 79.9. The minimum atomic E-state index is 0.305. The minimum Gasteiger partial charge on any atom is -0.507 e. The van der Waals surface area contributed by atoms with Crippen molar-refractivity contribution in [3.05, 3.63) is 28.2 Å². The van der Waals surface area contributed by atoms with E-state index in [0.29, 0.717) is 5.75 Å². The smallest absolute Gasteiger partial charge is 0.129 e. The van der Waals surface area contributed by atoms with E-state index < -0.39 is 0 Å². The normalized spacial score (nSPS) is 11.7. The molecule has 14 heavy (non-hydrogen) atoms. The third-order valence-corrected chi connectivity index (χ3v) is 2.72. The lowest BCUT2D eigenvalue weighted by Crippen LogP contribution is -2.36. The summed E-state index contributed by atoms with van der Waals surface area (Å²) in [5, 5.41) is 9.32. The summed E-state index contributed by atoms with van der Waals surface area (Å²) in [7, 11) is 6.53. The Morgan fingerprint density at radius 2 is 1.93 bits per heavy atom. The molecule has 0 unspecified atom stereocenters. The second-order valence-electron chi connectivity index (χ2n) is 4.55. The van der Waals surface area contributed by atoms with Crippen LogP contribution in [0.1, 0.15) is 5.56 Å². The van der Waals surface area contributed by atoms with Gasteiger partial charge in [-0.25, -0.2) is 0 Å². The summed E-state index contributed by atoms with van der Waals surface area (Å²) in [6, 6.07) is 5.68. The Kier molecular flexibility index (Phi) is 3.56. The van der Waals surface area contributed by atoms with Crippen molar-refractivity contribution in [2.45, 2.75) is 6.42 Å². The average Bonchev–Trinajstić information content (AvgIpc) is 2.06. The molecule has 0 aliphatic carbocycles. The van der Waals surface area contributed by atoms with Gasteiger partial charge in [-0.3, -0.25) is 0 Å². The lowest BCUT2D eigenvalue weighted by Gasteiger charge is -2.23. The maximum Gasteiger partial charge on any atom is 0.129 e. The molecule has 0 heterocycles. The Balaban J connectivity index is 2.65. The Bertz CT molecular complexity index is 318. The molecule has 78 valence electrons. The molecule has 0 amide bonds. The van der Waals surface area contributed by atoms with E-state index in [2.05, 4.69) is 37.1 Å². The molecule has 0 saturated heterocycles. The van der Waals surface area contributed by atoms with Crippen LogP contribution in [0, 0.1) is 0 Å². The average molecular weight is 259 g/mol. The lowest BCUT2D eigenvalue weighted by atomic mass is 10.1. The van der Waals surface area contributed by atoms with Gasteiger partial charge in [0.25, 0.3) is 0 Å². The first-order valence-electron chi connectivity index (χ1n) is 4.66. The zero-order chi connectivity index (χ0) is 10.8. The zero-order valence-corrected chi connectivity index (χ0v) is 10.5. The predicted molar refractivity (Wildman–Crippen MR) is 62.4 cm³/mol. The van der Waals surface area contributed by atoms with Crippen LogP contribution in [0.2, 0.25) is 0 Å². The van der Waals surface area contributed by atoms with Gasteiger partial charge in [0.1, 0.15) is 5.75 Å². The van der Waals surface area contributed by atoms with E-state index in [1.54, 1.807) is 6.07 Å². The fourth-order valence-electron chi connectivity index (χ4n) is 1.17. The molecule has 0 spiro atoms. The number of likely N-dealkylation sites (N-methyl/N-ethyl adjacent to an activating group) is 1. The number of quaternary nitrogens is 1. The number of hydrogen-bond acceptors (Lipinski definition) is 1. The number of nitrogens with zero attached hydrogens (tertiary/aromatic N) is 1. The summed E-state index contributed by atoms with van der Waals surface area (Å²) in [5.41, 5.74) is 1.25. The van der Waals surface area contributed by atoms with E-state index in [-0.39, 0.29) is 0 Å². The van der Waals surface area contributed by atoms with Crippen LogP contribution < -0.4 is 0 Å². The highest BCUT2D eigenvalue weighted by Gasteiger charge is 2.07. The molecule has 0 radical (unpaired) electrons. The van der Waals surface area contributed by atoms with E-state index in [1.807, 2.05) is 12.1 Å². The number of rotatable bonds is 3. The van der Waals surface area contributed by atoms with Crippen molar-refractivity contribution < 1.29 is 9.59 Å². The summed E-state index contributed by atoms with van der Waals surface area (Å²) in [6.45, 7) is 1.09. The van der Waals surface area contributed by atoms with E-state index in [0.717, 1.165) is 21.9 Å². The highest BCUT2D eigenvalue weighted by Crippen LogP contribution is 2.24. The Hall–Kier alpha value is -0.540. The molecule has 1 rings (SSSR count). The molecule has 1 N–H and O–H groups in total. The molecule has 0 saturated carbocycles. The lowest BCUT2D eigenvalue weighted by molar-refractivity contribution is -0.870. The first-order chi connectivity index (χ1) is 6.38. The van der Waals surface area contributed by atoms with E-state index >= 15 is 0 Å². The largest absolute Gasteiger partial charge is 0.507 e. The van der Waals surface area contributed by atoms with Crippen molar-refractivity contribution in [1.29, 1.82) is 0 Å². The van der Waals surface area contributed by atoms with E-state index in [4.69, 9.17) is 0 Å². The number of phenolic OH excluding ortho intramolecular Hbond substituents is 1. The summed E-state index contributed by atoms with van der Waals surface area (Å²) in [4.78, 5) is 0. The van der Waals surface area contributed by atoms with Gasteiger partial charge in [0.05, 0.1) is 32.2 Å². The van der Waals surface area contributed by atoms with Crippen LogP contribution in [0.3, 0.4) is 0 Å². The second kappa shape index (κ2) is 4.32. The van der Waals surface area contributed by atoms with Crippen LogP contribution in [0.5, 0.6) is 5.75 Å². The number of halogens is 1. The van der Waals surface area contributed by atoms with Crippen LogP contribution in [-0.4, -0.2) is 37.3 Å². The topological polar surface area (TPSA) is 20.2 Å². The summed E-state index contributed by atoms with van der Waals surface area (Å²) >= 11 is 3.31. The van der Waals surface area contributed by atoms with E-state index in [9.17, 15) is 5.11 Å². The van der Waals surface area contributed by atoms with E-state index in [1.165, 1.54) is 5.56 Å². The molecular formula is C11H17BrNO+. The number of hydrogen-bond donors (Lipinski definition) is 1. The SMILES string of the molecule is C[N+](C)(C)CCc1ccc(O)c(Br)c1. The highest BCUT2D eigenvalue weighted by molar-refractivity contribution is 9.10. The first-order valence-corrected chi connectivity index (χ1v) is 5.46. The fraction of sp³-hybridized carbons (Fsp3) is 0.455. The third kappa shape index (κ3) is 3.68. The van der Waals surface area contributed by atoms with Crippen molar-refractivity contribution in [2.24, 2.45) is 0 Å². The standard InChI is InChI=1S/C11H16BrNO/c1-13(2,3)7-6-9-4-5-11(14)10(12)8-9/h4-5,8H,6-7H2,1-3H3/p+1. The van der Waals surface area contributed by atoms with Gasteiger partial charge >= 0.3 is 0 Å². The number of phenols is 1. The Labute approximate surface area is 93.9 Å². The Morgan fingerprint density at radius 3 is 2.43 bits per heavy atom. The molecule has 0 bridgehead atoms. The van der Waals surface area contributed by atoms with Crippen LogP contribution in [0.25, 0.3) is 0 Å². The predicted octanol–water partition coefficient (Wildman–Crippen LogP) is 2.40. The quantitative estimate of drug-likeness (QED) is 0.826. The molecular weight excluding hydrogens is 242 g/mol. The van der Waals surface area contributed by atoms with Gasteiger partial charge in [-0.05, 0) is 33.6 Å². The molecule has 1 aromatic carbocycles. The molecule has 3 heteroatoms. The van der Waals surface area contributed by atoms with Crippen molar-refractivity contribution in [3.63, 3.8) is 0 Å². The second-order valence-corrected chi connectivity index (χ2v) is 5.40.